The van der Waals surface area contributed by atoms with Gasteiger partial charge in [-0.15, -0.1) is 0 Å². The van der Waals surface area contributed by atoms with Crippen LogP contribution < -0.4 is 10.2 Å². The number of thioether (sulfide) groups is 1. The van der Waals surface area contributed by atoms with Gasteiger partial charge in [0.2, 0.25) is 0 Å². The Hall–Kier alpha value is -1.84. The van der Waals surface area contributed by atoms with Crippen molar-refractivity contribution in [3.63, 3.8) is 0 Å². The van der Waals surface area contributed by atoms with Crippen LogP contribution in [-0.2, 0) is 6.42 Å². The number of hydrogen-bond donors (Lipinski definition) is 2. The molecule has 3 heterocycles. The minimum Gasteiger partial charge on any atom is -0.354 e. The van der Waals surface area contributed by atoms with Crippen LogP contribution in [0.4, 0.5) is 17.5 Å². The van der Waals surface area contributed by atoms with Gasteiger partial charge in [0.05, 0.1) is 0 Å². The Morgan fingerprint density at radius 3 is 2.57 bits per heavy atom. The minimum atomic E-state index is 0.782. The molecular formula is C19H32N8S. The molecule has 0 bridgehead atoms. The molecular weight excluding hydrogens is 372 g/mol. The third-order valence-corrected chi connectivity index (χ3v) is 5.62. The summed E-state index contributed by atoms with van der Waals surface area (Å²) in [6, 6.07) is 2.03. The van der Waals surface area contributed by atoms with Crippen molar-refractivity contribution in [3.8, 4) is 0 Å². The first-order valence-electron chi connectivity index (χ1n) is 9.86. The van der Waals surface area contributed by atoms with Gasteiger partial charge < -0.3 is 15.1 Å². The van der Waals surface area contributed by atoms with Gasteiger partial charge in [-0.1, -0.05) is 18.7 Å². The summed E-state index contributed by atoms with van der Waals surface area (Å²) in [5, 5.41) is 11.5. The molecule has 2 aromatic rings. The number of nitrogens with one attached hydrogen (secondary N) is 2. The van der Waals surface area contributed by atoms with E-state index in [1.165, 1.54) is 0 Å². The summed E-state index contributed by atoms with van der Waals surface area (Å²) in [4.78, 5) is 16.7. The largest absolute Gasteiger partial charge is 0.354 e. The molecule has 0 saturated carbocycles. The lowest BCUT2D eigenvalue weighted by Crippen LogP contribution is -2.48. The highest BCUT2D eigenvalue weighted by atomic mass is 32.2. The zero-order chi connectivity index (χ0) is 20.1. The maximum absolute atomic E-state index is 4.82. The van der Waals surface area contributed by atoms with Crippen LogP contribution >= 0.6 is 11.8 Å². The zero-order valence-electron chi connectivity index (χ0n) is 17.6. The summed E-state index contributed by atoms with van der Waals surface area (Å²) in [7, 11) is 4.25. The van der Waals surface area contributed by atoms with Crippen LogP contribution in [0.3, 0.4) is 0 Å². The Kier molecular flexibility index (Phi) is 7.14. The van der Waals surface area contributed by atoms with Crippen molar-refractivity contribution in [2.45, 2.75) is 25.4 Å². The minimum absolute atomic E-state index is 0.782. The molecule has 1 fully saturated rings. The maximum atomic E-state index is 4.82. The van der Waals surface area contributed by atoms with Gasteiger partial charge in [-0.05, 0) is 33.7 Å². The smallest absolute Gasteiger partial charge is 0.191 e. The van der Waals surface area contributed by atoms with E-state index in [4.69, 9.17) is 4.98 Å². The molecule has 8 nitrogen and oxygen atoms in total. The Morgan fingerprint density at radius 2 is 1.96 bits per heavy atom. The molecule has 1 saturated heterocycles. The lowest BCUT2D eigenvalue weighted by molar-refractivity contribution is 0.229. The van der Waals surface area contributed by atoms with E-state index in [2.05, 4.69) is 63.1 Å². The lowest BCUT2D eigenvalue weighted by Gasteiger charge is -2.36. The van der Waals surface area contributed by atoms with Crippen LogP contribution in [0.25, 0.3) is 0 Å². The molecule has 0 aromatic carbocycles. The van der Waals surface area contributed by atoms with Gasteiger partial charge in [0.15, 0.2) is 11.0 Å². The first kappa shape index (κ1) is 20.9. The topological polar surface area (TPSA) is 76.2 Å². The van der Waals surface area contributed by atoms with Gasteiger partial charge in [-0.25, -0.2) is 9.97 Å². The van der Waals surface area contributed by atoms with Crippen LogP contribution in [0.15, 0.2) is 11.2 Å². The Labute approximate surface area is 172 Å². The standard InChI is InChI=1S/C19H32N8S/c1-6-15-13-16(24-23-15)20-17-14(2)18(22-19(21-17)28-5)27-11-9-26(10-12-27)8-7-25(3)4/h13H,6-12H2,1-5H3,(H2,20,21,22,23,24). The Balaban J connectivity index is 1.74. The molecule has 2 N–H and O–H groups in total. The third kappa shape index (κ3) is 5.15. The van der Waals surface area contributed by atoms with E-state index in [0.29, 0.717) is 0 Å². The molecule has 3 rings (SSSR count). The maximum Gasteiger partial charge on any atom is 0.191 e. The van der Waals surface area contributed by atoms with E-state index in [9.17, 15) is 0 Å². The highest BCUT2D eigenvalue weighted by Crippen LogP contribution is 2.29. The molecule has 0 amide bonds. The van der Waals surface area contributed by atoms with E-state index < -0.39 is 0 Å². The fourth-order valence-corrected chi connectivity index (χ4v) is 3.62. The number of H-pyrrole nitrogens is 1. The predicted molar refractivity (Wildman–Crippen MR) is 117 cm³/mol. The molecule has 1 aliphatic heterocycles. The number of piperazine rings is 1. The van der Waals surface area contributed by atoms with Crippen molar-refractivity contribution in [3.05, 3.63) is 17.3 Å². The molecule has 0 aliphatic carbocycles. The first-order chi connectivity index (χ1) is 13.5. The third-order valence-electron chi connectivity index (χ3n) is 5.08. The van der Waals surface area contributed by atoms with Gasteiger partial charge in [0, 0.05) is 56.6 Å². The van der Waals surface area contributed by atoms with Crippen molar-refractivity contribution in [1.82, 2.24) is 30.0 Å². The average molecular weight is 405 g/mol. The second-order valence-electron chi connectivity index (χ2n) is 7.40. The van der Waals surface area contributed by atoms with E-state index in [1.807, 2.05) is 12.3 Å². The lowest BCUT2D eigenvalue weighted by atomic mass is 10.2. The second-order valence-corrected chi connectivity index (χ2v) is 8.17. The summed E-state index contributed by atoms with van der Waals surface area (Å²) < 4.78 is 0. The van der Waals surface area contributed by atoms with Crippen LogP contribution in [-0.4, -0.2) is 89.6 Å². The summed E-state index contributed by atoms with van der Waals surface area (Å²) in [5.41, 5.74) is 2.17. The summed E-state index contributed by atoms with van der Waals surface area (Å²) in [5.74, 6) is 2.66. The van der Waals surface area contributed by atoms with Crippen LogP contribution in [0.2, 0.25) is 0 Å². The highest BCUT2D eigenvalue weighted by molar-refractivity contribution is 7.98. The predicted octanol–water partition coefficient (Wildman–Crippen LogP) is 2.22. The number of nitrogens with zero attached hydrogens (tertiary/aromatic N) is 6. The van der Waals surface area contributed by atoms with Gasteiger partial charge in [-0.2, -0.15) is 5.10 Å². The SMILES string of the molecule is CCc1cc(Nc2nc(SC)nc(N3CCN(CCN(C)C)CC3)c2C)n[nH]1. The number of hydrogen-bond acceptors (Lipinski definition) is 8. The van der Waals surface area contributed by atoms with Gasteiger partial charge in [0.1, 0.15) is 11.6 Å². The zero-order valence-corrected chi connectivity index (χ0v) is 18.4. The molecule has 154 valence electrons. The van der Waals surface area contributed by atoms with Crippen molar-refractivity contribution in [2.75, 3.05) is 69.8 Å². The van der Waals surface area contributed by atoms with Gasteiger partial charge >= 0.3 is 0 Å². The molecule has 28 heavy (non-hydrogen) atoms. The molecule has 0 unspecified atom stereocenters. The molecule has 0 spiro atoms. The fourth-order valence-electron chi connectivity index (χ4n) is 3.26. The summed E-state index contributed by atoms with van der Waals surface area (Å²) in [6.45, 7) is 10.5. The van der Waals surface area contributed by atoms with Gasteiger partial charge in [0.25, 0.3) is 0 Å². The van der Waals surface area contributed by atoms with E-state index >= 15 is 0 Å². The number of aromatic nitrogens is 4. The average Bonchev–Trinajstić information content (AvgIpc) is 3.16. The van der Waals surface area contributed by atoms with Crippen LogP contribution in [0.5, 0.6) is 0 Å². The fraction of sp³-hybridized carbons (Fsp3) is 0.632. The molecule has 0 atom stereocenters. The summed E-state index contributed by atoms with van der Waals surface area (Å²) in [6.07, 6.45) is 2.94. The van der Waals surface area contributed by atoms with Crippen molar-refractivity contribution < 1.29 is 0 Å². The van der Waals surface area contributed by atoms with Crippen molar-refractivity contribution >= 4 is 29.2 Å². The summed E-state index contributed by atoms with van der Waals surface area (Å²) >= 11 is 1.57. The Bertz CT molecular complexity index is 767. The second kappa shape index (κ2) is 9.58. The molecule has 2 aromatic heterocycles. The van der Waals surface area contributed by atoms with E-state index in [-0.39, 0.29) is 0 Å². The van der Waals surface area contributed by atoms with Crippen LogP contribution in [0, 0.1) is 6.92 Å². The van der Waals surface area contributed by atoms with E-state index in [0.717, 1.165) is 79.6 Å². The highest BCUT2D eigenvalue weighted by Gasteiger charge is 2.22. The van der Waals surface area contributed by atoms with Crippen molar-refractivity contribution in [2.24, 2.45) is 0 Å². The number of likely N-dealkylation sites (N-methyl/N-ethyl adjacent to an activating group) is 1. The number of aryl methyl sites for hydroxylation is 1. The molecule has 1 aliphatic rings. The van der Waals surface area contributed by atoms with Crippen LogP contribution in [0.1, 0.15) is 18.2 Å². The number of anilines is 3. The monoisotopic (exact) mass is 404 g/mol. The van der Waals surface area contributed by atoms with E-state index in [1.54, 1.807) is 11.8 Å². The number of aromatic amines is 1. The molecule has 9 heteroatoms. The molecule has 0 radical (unpaired) electrons. The number of rotatable bonds is 8. The Morgan fingerprint density at radius 1 is 1.21 bits per heavy atom. The normalized spacial score (nSPS) is 15.4. The quantitative estimate of drug-likeness (QED) is 0.512. The van der Waals surface area contributed by atoms with Crippen molar-refractivity contribution in [1.29, 1.82) is 0 Å². The van der Waals surface area contributed by atoms with Gasteiger partial charge in [-0.3, -0.25) is 10.00 Å². The first-order valence-corrected chi connectivity index (χ1v) is 11.1.